The van der Waals surface area contributed by atoms with Gasteiger partial charge in [0, 0.05) is 0 Å². The summed E-state index contributed by atoms with van der Waals surface area (Å²) in [5, 5.41) is 0. The maximum absolute atomic E-state index is 2.22. The van der Waals surface area contributed by atoms with Gasteiger partial charge in [0.2, 0.25) is 0 Å². The number of hydrogen-bond acceptors (Lipinski definition) is 4. The van der Waals surface area contributed by atoms with E-state index in [9.17, 15) is 0 Å². The first kappa shape index (κ1) is 31.2. The minimum absolute atomic E-state index is 1.18. The molecule has 0 spiro atoms. The van der Waals surface area contributed by atoms with Gasteiger partial charge in [-0.1, -0.05) is 0 Å². The first-order chi connectivity index (χ1) is 9.08. The van der Waals surface area contributed by atoms with Crippen LogP contribution in [0.1, 0.15) is 27.7 Å². The van der Waals surface area contributed by atoms with Crippen molar-refractivity contribution in [3.8, 4) is 0 Å². The van der Waals surface area contributed by atoms with E-state index in [1.54, 1.807) is 0 Å². The molecule has 0 aromatic rings. The minimum atomic E-state index is 1.18. The molecule has 0 aliphatic heterocycles. The van der Waals surface area contributed by atoms with Crippen LogP contribution < -0.4 is 0 Å². The SMILES string of the molecule is CC[N](C)[Zr].CC[N](C)[Zr].CC[N](C)[Zr].CC[N](C)[Zr]. The molecule has 0 aromatic carbocycles. The van der Waals surface area contributed by atoms with E-state index in [2.05, 4.69) is 67.3 Å². The van der Waals surface area contributed by atoms with E-state index in [0.717, 1.165) is 0 Å². The Balaban J connectivity index is -0.0000000853. The molecule has 8 heteroatoms. The van der Waals surface area contributed by atoms with Crippen molar-refractivity contribution in [2.45, 2.75) is 27.7 Å². The zero-order chi connectivity index (χ0) is 17.1. The quantitative estimate of drug-likeness (QED) is 0.489. The topological polar surface area (TPSA) is 13.0 Å². The molecule has 4 nitrogen and oxygen atoms in total. The fourth-order valence-corrected chi connectivity index (χ4v) is 0. The number of hydrogen-bond donors (Lipinski definition) is 0. The second-order valence-corrected chi connectivity index (χ2v) is 11.6. The number of nitrogens with zero attached hydrogens (tertiary/aromatic N) is 4. The Hall–Kier alpha value is 3.37. The standard InChI is InChI=1S/4C3H8N.4Zr/c4*1-3-4-2;;;;/h4*3H2,1-2H3;;;;/q4*-1;4*+1. The van der Waals surface area contributed by atoms with Gasteiger partial charge in [0.25, 0.3) is 0 Å². The molecule has 0 aliphatic rings. The first-order valence-electron chi connectivity index (χ1n) is 6.78. The normalized spacial score (nSPS) is 9.20. The molecule has 20 heavy (non-hydrogen) atoms. The fraction of sp³-hybridized carbons (Fsp3) is 1.00. The van der Waals surface area contributed by atoms with E-state index in [4.69, 9.17) is 0 Å². The van der Waals surface area contributed by atoms with Gasteiger partial charge < -0.3 is 0 Å². The van der Waals surface area contributed by atoms with Crippen LogP contribution in [-0.4, -0.2) is 65.7 Å². The summed E-state index contributed by atoms with van der Waals surface area (Å²) in [6, 6.07) is 0. The van der Waals surface area contributed by atoms with E-state index in [0.29, 0.717) is 0 Å². The summed E-state index contributed by atoms with van der Waals surface area (Å²) in [6.07, 6.45) is 0. The van der Waals surface area contributed by atoms with Gasteiger partial charge in [-0.05, 0) is 0 Å². The molecule has 0 saturated heterocycles. The molecule has 0 aliphatic carbocycles. The van der Waals surface area contributed by atoms with Crippen LogP contribution in [0.4, 0.5) is 0 Å². The Kier molecular flexibility index (Phi) is 42.4. The van der Waals surface area contributed by atoms with E-state index in [1.807, 2.05) is 0 Å². The summed E-state index contributed by atoms with van der Waals surface area (Å²) in [5.74, 6) is 0. The molecule has 116 valence electrons. The Morgan fingerprint density at radius 1 is 0.450 bits per heavy atom. The predicted octanol–water partition coefficient (Wildman–Crippen LogP) is 1.60. The van der Waals surface area contributed by atoms with Crippen molar-refractivity contribution in [1.82, 2.24) is 11.4 Å². The van der Waals surface area contributed by atoms with Crippen molar-refractivity contribution < 1.29 is 100 Å². The molecule has 0 fully saturated rings. The van der Waals surface area contributed by atoms with Crippen LogP contribution in [0.2, 0.25) is 0 Å². The average Bonchev–Trinajstić information content (AvgIpc) is 2.40. The Labute approximate surface area is 190 Å². The molecular weight excluding hydrogens is 565 g/mol. The van der Waals surface area contributed by atoms with Gasteiger partial charge in [-0.15, -0.1) is 0 Å². The van der Waals surface area contributed by atoms with Crippen LogP contribution in [0.5, 0.6) is 0 Å². The van der Waals surface area contributed by atoms with Crippen molar-refractivity contribution in [2.75, 3.05) is 54.4 Å². The summed E-state index contributed by atoms with van der Waals surface area (Å²) in [6.45, 7) is 13.3. The Morgan fingerprint density at radius 2 is 0.500 bits per heavy atom. The third-order valence-electron chi connectivity index (χ3n) is 1.90. The molecule has 0 amide bonds. The van der Waals surface area contributed by atoms with Crippen LogP contribution >= 0.6 is 0 Å². The Bertz CT molecular complexity index is 115. The first-order valence-corrected chi connectivity index (χ1v) is 11.2. The molecule has 0 atom stereocenters. The van der Waals surface area contributed by atoms with Gasteiger partial charge in [0.05, 0.1) is 0 Å². The maximum atomic E-state index is 2.22. The summed E-state index contributed by atoms with van der Waals surface area (Å²) in [4.78, 5) is 0. The second kappa shape index (κ2) is 27.2. The summed E-state index contributed by atoms with van der Waals surface area (Å²) < 4.78 is 8.86. The van der Waals surface area contributed by atoms with Crippen LogP contribution in [0.15, 0.2) is 0 Å². The molecule has 0 unspecified atom stereocenters. The van der Waals surface area contributed by atoms with Crippen LogP contribution in [-0.2, 0) is 100 Å². The van der Waals surface area contributed by atoms with Gasteiger partial charge in [0.1, 0.15) is 0 Å². The monoisotopic (exact) mass is 592 g/mol. The average molecular weight is 597 g/mol. The van der Waals surface area contributed by atoms with Crippen LogP contribution in [0.25, 0.3) is 0 Å². The molecular formula is C12H32N4Zr4. The van der Waals surface area contributed by atoms with Crippen LogP contribution in [0.3, 0.4) is 0 Å². The molecule has 0 heterocycles. The van der Waals surface area contributed by atoms with Gasteiger partial charge in [-0.2, -0.15) is 0 Å². The summed E-state index contributed by atoms with van der Waals surface area (Å²) >= 11 is 6.01. The molecule has 0 aromatic heterocycles. The van der Waals surface area contributed by atoms with Gasteiger partial charge in [0.15, 0.2) is 0 Å². The summed E-state index contributed by atoms with van der Waals surface area (Å²) in [5.41, 5.74) is 0. The number of rotatable bonds is 4. The van der Waals surface area contributed by atoms with Crippen molar-refractivity contribution >= 4 is 0 Å². The predicted molar refractivity (Wildman–Crippen MR) is 73.2 cm³/mol. The second-order valence-electron chi connectivity index (χ2n) is 4.06. The zero-order valence-corrected chi connectivity index (χ0v) is 24.4. The van der Waals surface area contributed by atoms with E-state index < -0.39 is 0 Å². The van der Waals surface area contributed by atoms with Crippen molar-refractivity contribution in [3.63, 3.8) is 0 Å². The fourth-order valence-electron chi connectivity index (χ4n) is 0. The summed E-state index contributed by atoms with van der Waals surface area (Å²) in [7, 11) is 8.38. The van der Waals surface area contributed by atoms with E-state index in [-0.39, 0.29) is 0 Å². The van der Waals surface area contributed by atoms with Gasteiger partial charge in [-0.25, -0.2) is 0 Å². The zero-order valence-electron chi connectivity index (χ0n) is 14.6. The van der Waals surface area contributed by atoms with Gasteiger partial charge >= 0.3 is 193 Å². The Morgan fingerprint density at radius 3 is 0.500 bits per heavy atom. The van der Waals surface area contributed by atoms with Crippen molar-refractivity contribution in [3.05, 3.63) is 0 Å². The van der Waals surface area contributed by atoms with Crippen LogP contribution in [0, 0.1) is 0 Å². The molecule has 0 bridgehead atoms. The third-order valence-corrected chi connectivity index (χ3v) is 5.01. The van der Waals surface area contributed by atoms with Crippen molar-refractivity contribution in [1.29, 1.82) is 0 Å². The molecule has 0 saturated carbocycles. The van der Waals surface area contributed by atoms with Gasteiger partial charge in [-0.3, -0.25) is 0 Å². The third kappa shape index (κ3) is 68.6. The van der Waals surface area contributed by atoms with E-state index in [1.165, 1.54) is 126 Å². The molecule has 0 rings (SSSR count). The van der Waals surface area contributed by atoms with E-state index >= 15 is 0 Å². The van der Waals surface area contributed by atoms with Crippen molar-refractivity contribution in [2.24, 2.45) is 0 Å². The molecule has 0 N–H and O–H groups in total. The molecule has 0 radical (unpaired) electrons.